The molecule has 31 heavy (non-hydrogen) atoms. The summed E-state index contributed by atoms with van der Waals surface area (Å²) in [5, 5.41) is 17.1. The van der Waals surface area contributed by atoms with E-state index in [1.54, 1.807) is 13.2 Å². The molecular formula is C23H19N5O3. The average molecular weight is 413 g/mol. The van der Waals surface area contributed by atoms with Gasteiger partial charge in [-0.2, -0.15) is 4.80 Å². The van der Waals surface area contributed by atoms with Crippen LogP contribution in [0.1, 0.15) is 5.56 Å². The van der Waals surface area contributed by atoms with Crippen molar-refractivity contribution in [2.45, 2.75) is 13.5 Å². The molecule has 0 fully saturated rings. The highest BCUT2D eigenvalue weighted by Gasteiger charge is 2.15. The van der Waals surface area contributed by atoms with E-state index in [2.05, 4.69) is 20.7 Å². The van der Waals surface area contributed by atoms with Crippen LogP contribution in [0.15, 0.2) is 65.1 Å². The Morgan fingerprint density at radius 2 is 1.87 bits per heavy atom. The molecule has 2 heterocycles. The Balaban J connectivity index is 1.37. The molecule has 0 radical (unpaired) electrons. The molecule has 5 rings (SSSR count). The van der Waals surface area contributed by atoms with E-state index in [1.807, 2.05) is 61.5 Å². The number of nitrogens with zero attached hydrogens (tertiary/aromatic N) is 4. The maximum Gasteiger partial charge on any atom is 0.248 e. The highest BCUT2D eigenvalue weighted by atomic mass is 16.5. The fourth-order valence-electron chi connectivity index (χ4n) is 3.46. The van der Waals surface area contributed by atoms with Crippen molar-refractivity contribution in [3.05, 3.63) is 66.2 Å². The van der Waals surface area contributed by atoms with E-state index >= 15 is 0 Å². The van der Waals surface area contributed by atoms with Crippen LogP contribution in [0.5, 0.6) is 5.75 Å². The zero-order valence-corrected chi connectivity index (χ0v) is 17.0. The van der Waals surface area contributed by atoms with Crippen LogP contribution in [-0.2, 0) is 11.3 Å². The first-order chi connectivity index (χ1) is 15.1. The molecule has 0 aliphatic rings. The molecular weight excluding hydrogens is 394 g/mol. The third-order valence-electron chi connectivity index (χ3n) is 5.02. The van der Waals surface area contributed by atoms with Crippen molar-refractivity contribution in [2.24, 2.45) is 0 Å². The van der Waals surface area contributed by atoms with Crippen LogP contribution in [0, 0.1) is 6.92 Å². The Morgan fingerprint density at radius 3 is 2.68 bits per heavy atom. The largest absolute Gasteiger partial charge is 0.495 e. The summed E-state index contributed by atoms with van der Waals surface area (Å²) >= 11 is 0. The first-order valence-electron chi connectivity index (χ1n) is 9.75. The zero-order valence-electron chi connectivity index (χ0n) is 17.0. The van der Waals surface area contributed by atoms with Crippen molar-refractivity contribution in [1.29, 1.82) is 0 Å². The van der Waals surface area contributed by atoms with Gasteiger partial charge in [0.15, 0.2) is 0 Å². The fraction of sp³-hybridized carbons (Fsp3) is 0.130. The lowest BCUT2D eigenvalue weighted by Gasteiger charge is -2.10. The predicted octanol–water partition coefficient (Wildman–Crippen LogP) is 4.20. The molecule has 154 valence electrons. The molecule has 0 spiro atoms. The zero-order chi connectivity index (χ0) is 21.4. The maximum absolute atomic E-state index is 12.6. The number of ether oxygens (including phenoxy) is 1. The molecule has 0 saturated carbocycles. The maximum atomic E-state index is 12.6. The van der Waals surface area contributed by atoms with E-state index in [4.69, 9.17) is 9.15 Å². The van der Waals surface area contributed by atoms with Crippen molar-refractivity contribution in [3.63, 3.8) is 0 Å². The highest BCUT2D eigenvalue weighted by Crippen LogP contribution is 2.36. The Hall–Kier alpha value is -4.20. The summed E-state index contributed by atoms with van der Waals surface area (Å²) in [5.74, 6) is 0.704. The van der Waals surface area contributed by atoms with Gasteiger partial charge in [-0.15, -0.1) is 10.2 Å². The number of aromatic nitrogens is 4. The van der Waals surface area contributed by atoms with E-state index in [0.717, 1.165) is 27.5 Å². The number of carbonyl (C=O) groups is 1. The number of hydrogen-bond acceptors (Lipinski definition) is 6. The van der Waals surface area contributed by atoms with Crippen LogP contribution in [0.25, 0.3) is 33.3 Å². The van der Waals surface area contributed by atoms with E-state index in [0.29, 0.717) is 22.8 Å². The van der Waals surface area contributed by atoms with Gasteiger partial charge in [0, 0.05) is 22.4 Å². The Kier molecular flexibility index (Phi) is 4.59. The summed E-state index contributed by atoms with van der Waals surface area (Å²) < 4.78 is 11.4. The smallest absolute Gasteiger partial charge is 0.248 e. The van der Waals surface area contributed by atoms with Gasteiger partial charge < -0.3 is 14.5 Å². The number of carbonyl (C=O) groups excluding carboxylic acids is 1. The number of furan rings is 1. The topological polar surface area (TPSA) is 95.1 Å². The van der Waals surface area contributed by atoms with Gasteiger partial charge in [-0.05, 0) is 24.3 Å². The number of methoxy groups -OCH3 is 1. The molecule has 1 N–H and O–H groups in total. The van der Waals surface area contributed by atoms with E-state index in [1.165, 1.54) is 4.80 Å². The van der Waals surface area contributed by atoms with Gasteiger partial charge in [0.25, 0.3) is 0 Å². The third kappa shape index (κ3) is 3.59. The second-order valence-corrected chi connectivity index (χ2v) is 7.20. The molecule has 0 bridgehead atoms. The van der Waals surface area contributed by atoms with Crippen molar-refractivity contribution in [1.82, 2.24) is 20.2 Å². The Morgan fingerprint density at radius 1 is 1.06 bits per heavy atom. The van der Waals surface area contributed by atoms with Crippen LogP contribution < -0.4 is 10.1 Å². The second-order valence-electron chi connectivity index (χ2n) is 7.20. The number of rotatable bonds is 5. The minimum atomic E-state index is -0.304. The SMILES string of the molecule is COc1cc2c(cc1NC(=O)Cn1nnc(-c3ccc(C)cc3)n1)oc1ccccc12. The lowest BCUT2D eigenvalue weighted by Crippen LogP contribution is -2.20. The Bertz CT molecular complexity index is 1400. The molecule has 5 aromatic rings. The Labute approximate surface area is 177 Å². The molecule has 0 unspecified atom stereocenters. The summed E-state index contributed by atoms with van der Waals surface area (Å²) in [6.45, 7) is 1.93. The first-order valence-corrected chi connectivity index (χ1v) is 9.75. The van der Waals surface area contributed by atoms with Crippen LogP contribution >= 0.6 is 0 Å². The van der Waals surface area contributed by atoms with Gasteiger partial charge in [0.05, 0.1) is 12.8 Å². The molecule has 0 saturated heterocycles. The molecule has 0 aliphatic heterocycles. The minimum absolute atomic E-state index is 0.0832. The number of para-hydroxylation sites is 1. The van der Waals surface area contributed by atoms with Gasteiger partial charge in [0.2, 0.25) is 11.7 Å². The van der Waals surface area contributed by atoms with Crippen molar-refractivity contribution >= 4 is 33.5 Å². The number of amides is 1. The average Bonchev–Trinajstić information content (AvgIpc) is 3.37. The third-order valence-corrected chi connectivity index (χ3v) is 5.02. The fourth-order valence-corrected chi connectivity index (χ4v) is 3.46. The van der Waals surface area contributed by atoms with Gasteiger partial charge in [-0.25, -0.2) is 0 Å². The van der Waals surface area contributed by atoms with Gasteiger partial charge in [0.1, 0.15) is 23.5 Å². The van der Waals surface area contributed by atoms with Gasteiger partial charge in [-0.3, -0.25) is 4.79 Å². The summed E-state index contributed by atoms with van der Waals surface area (Å²) in [6.07, 6.45) is 0. The van der Waals surface area contributed by atoms with Crippen LogP contribution in [0.4, 0.5) is 5.69 Å². The summed E-state index contributed by atoms with van der Waals surface area (Å²) in [4.78, 5) is 13.9. The quantitative estimate of drug-likeness (QED) is 0.464. The molecule has 1 amide bonds. The number of fused-ring (bicyclic) bond motifs is 3. The molecule has 8 nitrogen and oxygen atoms in total. The standard InChI is InChI=1S/C23H19N5O3/c1-14-7-9-15(10-8-14)23-25-27-28(26-23)13-22(29)24-18-12-20-17(11-21(18)30-2)16-5-3-4-6-19(16)31-20/h3-12H,13H2,1-2H3,(H,24,29). The number of hydrogen-bond donors (Lipinski definition) is 1. The number of nitrogens with one attached hydrogen (secondary N) is 1. The summed E-state index contributed by atoms with van der Waals surface area (Å²) in [5.41, 5.74) is 3.94. The van der Waals surface area contributed by atoms with Crippen molar-refractivity contribution in [3.8, 4) is 17.1 Å². The molecule has 0 atom stereocenters. The second kappa shape index (κ2) is 7.56. The lowest BCUT2D eigenvalue weighted by atomic mass is 10.1. The number of tetrazole rings is 1. The van der Waals surface area contributed by atoms with E-state index < -0.39 is 0 Å². The van der Waals surface area contributed by atoms with E-state index in [-0.39, 0.29) is 12.5 Å². The molecule has 3 aromatic carbocycles. The number of benzene rings is 3. The first kappa shape index (κ1) is 18.8. The predicted molar refractivity (Wildman–Crippen MR) is 117 cm³/mol. The van der Waals surface area contributed by atoms with Crippen molar-refractivity contribution in [2.75, 3.05) is 12.4 Å². The summed E-state index contributed by atoms with van der Waals surface area (Å²) in [7, 11) is 1.56. The summed E-state index contributed by atoms with van der Waals surface area (Å²) in [6, 6.07) is 19.2. The monoisotopic (exact) mass is 413 g/mol. The van der Waals surface area contributed by atoms with Crippen LogP contribution in [0.3, 0.4) is 0 Å². The molecule has 2 aromatic heterocycles. The van der Waals surface area contributed by atoms with Gasteiger partial charge >= 0.3 is 0 Å². The van der Waals surface area contributed by atoms with E-state index in [9.17, 15) is 4.79 Å². The highest BCUT2D eigenvalue weighted by molar-refractivity contribution is 6.07. The molecule has 0 aliphatic carbocycles. The van der Waals surface area contributed by atoms with Gasteiger partial charge in [-0.1, -0.05) is 48.0 Å². The van der Waals surface area contributed by atoms with Crippen molar-refractivity contribution < 1.29 is 13.9 Å². The minimum Gasteiger partial charge on any atom is -0.495 e. The van der Waals surface area contributed by atoms with Crippen LogP contribution in [0.2, 0.25) is 0 Å². The van der Waals surface area contributed by atoms with Crippen LogP contribution in [-0.4, -0.2) is 33.2 Å². The lowest BCUT2D eigenvalue weighted by molar-refractivity contribution is -0.117. The number of aryl methyl sites for hydroxylation is 1. The normalized spacial score (nSPS) is 11.2. The molecule has 8 heteroatoms. The number of anilines is 1.